The van der Waals surface area contributed by atoms with Crippen molar-refractivity contribution in [1.29, 1.82) is 0 Å². The van der Waals surface area contributed by atoms with Crippen molar-refractivity contribution < 1.29 is 0 Å². The van der Waals surface area contributed by atoms with Crippen LogP contribution in [0.1, 0.15) is 0 Å². The molecule has 0 N–H and O–H groups in total. The Hall–Kier alpha value is -2.74. The van der Waals surface area contributed by atoms with Crippen LogP contribution >= 0.6 is 0 Å². The largest absolute Gasteiger partial charge is 0.145 e. The quantitative estimate of drug-likeness (QED) is 0.325. The van der Waals surface area contributed by atoms with Crippen molar-refractivity contribution in [3.05, 3.63) is 71.6 Å². The summed E-state index contributed by atoms with van der Waals surface area (Å²) in [6, 6.07) is 22.2. The first-order valence-corrected chi connectivity index (χ1v) is 6.55. The Labute approximate surface area is 115 Å². The minimum atomic E-state index is 0.504. The maximum Gasteiger partial charge on any atom is 0.116 e. The maximum atomic E-state index is 11.2. The second-order valence-corrected chi connectivity index (χ2v) is 4.88. The first-order valence-electron chi connectivity index (χ1n) is 6.55. The van der Waals surface area contributed by atoms with Gasteiger partial charge in [0.1, 0.15) is 5.69 Å². The summed E-state index contributed by atoms with van der Waals surface area (Å²) in [6.45, 7) is 0. The molecule has 0 spiro atoms. The van der Waals surface area contributed by atoms with E-state index in [2.05, 4.69) is 35.5 Å². The van der Waals surface area contributed by atoms with Gasteiger partial charge < -0.3 is 0 Å². The molecule has 0 radical (unpaired) electrons. The van der Waals surface area contributed by atoms with Crippen LogP contribution in [0.25, 0.3) is 32.3 Å². The second-order valence-electron chi connectivity index (χ2n) is 4.88. The Morgan fingerprint density at radius 3 is 1.55 bits per heavy atom. The van der Waals surface area contributed by atoms with Gasteiger partial charge >= 0.3 is 0 Å². The molecule has 0 atom stereocenters. The van der Waals surface area contributed by atoms with Gasteiger partial charge in [-0.2, -0.15) is 0 Å². The van der Waals surface area contributed by atoms with E-state index in [1.807, 2.05) is 30.3 Å². The van der Waals surface area contributed by atoms with Gasteiger partial charge in [-0.15, -0.1) is 4.91 Å². The fraction of sp³-hybridized carbons (Fsp3) is 0. The third-order valence-corrected chi connectivity index (χ3v) is 3.84. The lowest BCUT2D eigenvalue weighted by Crippen LogP contribution is -1.83. The molecule has 20 heavy (non-hydrogen) atoms. The Morgan fingerprint density at radius 1 is 0.550 bits per heavy atom. The smallest absolute Gasteiger partial charge is 0.116 e. The molecular formula is C18H11NO. The second kappa shape index (κ2) is 4.14. The van der Waals surface area contributed by atoms with Gasteiger partial charge in [-0.3, -0.25) is 0 Å². The van der Waals surface area contributed by atoms with E-state index in [0.29, 0.717) is 5.69 Å². The first-order chi connectivity index (χ1) is 9.90. The third-order valence-electron chi connectivity index (χ3n) is 3.84. The highest BCUT2D eigenvalue weighted by atomic mass is 16.3. The molecule has 0 fully saturated rings. The lowest BCUT2D eigenvalue weighted by Gasteiger charge is -2.10. The summed E-state index contributed by atoms with van der Waals surface area (Å²) in [5.74, 6) is 0. The van der Waals surface area contributed by atoms with Crippen LogP contribution in [-0.4, -0.2) is 0 Å². The highest BCUT2D eigenvalue weighted by Gasteiger charge is 2.10. The number of benzene rings is 4. The van der Waals surface area contributed by atoms with Gasteiger partial charge in [0.25, 0.3) is 0 Å². The molecule has 4 rings (SSSR count). The molecule has 2 heteroatoms. The van der Waals surface area contributed by atoms with Crippen molar-refractivity contribution in [2.75, 3.05) is 0 Å². The minimum absolute atomic E-state index is 0.504. The van der Waals surface area contributed by atoms with Crippen LogP contribution in [0.2, 0.25) is 0 Å². The van der Waals surface area contributed by atoms with E-state index in [4.69, 9.17) is 0 Å². The van der Waals surface area contributed by atoms with Crippen molar-refractivity contribution in [2.45, 2.75) is 0 Å². The maximum absolute atomic E-state index is 11.2. The van der Waals surface area contributed by atoms with Gasteiger partial charge in [0.2, 0.25) is 0 Å². The molecule has 0 saturated heterocycles. The standard InChI is InChI=1S/C18H11NO/c20-19-17-11-5-10-16-14-7-2-1-6-12(14)13-8-3-4-9-15(13)18(16)17/h1-11H. The lowest BCUT2D eigenvalue weighted by atomic mass is 9.93. The van der Waals surface area contributed by atoms with E-state index in [1.165, 1.54) is 5.39 Å². The molecular weight excluding hydrogens is 246 g/mol. The topological polar surface area (TPSA) is 29.4 Å². The molecule has 0 unspecified atom stereocenters. The Kier molecular flexibility index (Phi) is 2.30. The molecule has 0 bridgehead atoms. The predicted octanol–water partition coefficient (Wildman–Crippen LogP) is 5.54. The van der Waals surface area contributed by atoms with E-state index in [1.54, 1.807) is 6.07 Å². The van der Waals surface area contributed by atoms with E-state index in [9.17, 15) is 4.91 Å². The number of nitroso groups, excluding NO2 is 1. The van der Waals surface area contributed by atoms with E-state index < -0.39 is 0 Å². The van der Waals surface area contributed by atoms with E-state index >= 15 is 0 Å². The van der Waals surface area contributed by atoms with Crippen LogP contribution in [0.3, 0.4) is 0 Å². The normalized spacial score (nSPS) is 11.2. The molecule has 0 aliphatic rings. The molecule has 0 aromatic heterocycles. The monoisotopic (exact) mass is 257 g/mol. The van der Waals surface area contributed by atoms with Gasteiger partial charge in [-0.1, -0.05) is 60.7 Å². The highest BCUT2D eigenvalue weighted by Crippen LogP contribution is 2.39. The number of hydrogen-bond acceptors (Lipinski definition) is 2. The fourth-order valence-electron chi connectivity index (χ4n) is 3.01. The van der Waals surface area contributed by atoms with Gasteiger partial charge in [-0.25, -0.2) is 0 Å². The SMILES string of the molecule is O=Nc1cccc2c3ccccc3c3ccccc3c12. The van der Waals surface area contributed by atoms with Crippen molar-refractivity contribution in [3.8, 4) is 0 Å². The molecule has 0 aliphatic heterocycles. The Balaban J connectivity index is 2.46. The van der Waals surface area contributed by atoms with Crippen LogP contribution in [0, 0.1) is 4.91 Å². The zero-order chi connectivity index (χ0) is 13.5. The molecule has 2 nitrogen and oxygen atoms in total. The van der Waals surface area contributed by atoms with Gasteiger partial charge in [0.15, 0.2) is 0 Å². The first kappa shape index (κ1) is 11.1. The van der Waals surface area contributed by atoms with Gasteiger partial charge in [-0.05, 0) is 38.2 Å². The van der Waals surface area contributed by atoms with Crippen molar-refractivity contribution in [1.82, 2.24) is 0 Å². The summed E-state index contributed by atoms with van der Waals surface area (Å²) in [5, 5.41) is 9.83. The Bertz CT molecular complexity index is 928. The summed E-state index contributed by atoms with van der Waals surface area (Å²) in [6.07, 6.45) is 0. The van der Waals surface area contributed by atoms with Crippen LogP contribution in [0.5, 0.6) is 0 Å². The zero-order valence-corrected chi connectivity index (χ0v) is 10.7. The highest BCUT2D eigenvalue weighted by molar-refractivity contribution is 6.27. The predicted molar refractivity (Wildman–Crippen MR) is 84.4 cm³/mol. The zero-order valence-electron chi connectivity index (χ0n) is 10.7. The number of fused-ring (bicyclic) bond motifs is 6. The summed E-state index contributed by atoms with van der Waals surface area (Å²) in [4.78, 5) is 11.2. The van der Waals surface area contributed by atoms with Gasteiger partial charge in [0, 0.05) is 5.39 Å². The van der Waals surface area contributed by atoms with Crippen LogP contribution in [0.15, 0.2) is 71.9 Å². The molecule has 4 aromatic rings. The lowest BCUT2D eigenvalue weighted by molar-refractivity contribution is 1.55. The van der Waals surface area contributed by atoms with E-state index in [-0.39, 0.29) is 0 Å². The molecule has 0 heterocycles. The molecule has 4 aromatic carbocycles. The average Bonchev–Trinajstić information content (AvgIpc) is 2.54. The van der Waals surface area contributed by atoms with Crippen molar-refractivity contribution in [2.24, 2.45) is 5.18 Å². The number of rotatable bonds is 1. The summed E-state index contributed by atoms with van der Waals surface area (Å²) >= 11 is 0. The number of nitrogens with zero attached hydrogens (tertiary/aromatic N) is 1. The summed E-state index contributed by atoms with van der Waals surface area (Å²) in [7, 11) is 0. The van der Waals surface area contributed by atoms with Crippen molar-refractivity contribution >= 4 is 38.0 Å². The average molecular weight is 257 g/mol. The molecule has 0 saturated carbocycles. The van der Waals surface area contributed by atoms with Gasteiger partial charge in [0.05, 0.1) is 0 Å². The summed E-state index contributed by atoms with van der Waals surface area (Å²) in [5.41, 5.74) is 0.504. The fourth-order valence-corrected chi connectivity index (χ4v) is 3.01. The third kappa shape index (κ3) is 1.39. The molecule has 0 amide bonds. The minimum Gasteiger partial charge on any atom is -0.145 e. The summed E-state index contributed by atoms with van der Waals surface area (Å²) < 4.78 is 0. The molecule has 0 aliphatic carbocycles. The van der Waals surface area contributed by atoms with Crippen molar-refractivity contribution in [3.63, 3.8) is 0 Å². The number of hydrogen-bond donors (Lipinski definition) is 0. The Morgan fingerprint density at radius 2 is 1.00 bits per heavy atom. The van der Waals surface area contributed by atoms with Crippen LogP contribution in [0.4, 0.5) is 5.69 Å². The molecule has 94 valence electrons. The van der Waals surface area contributed by atoms with E-state index in [0.717, 1.165) is 26.9 Å². The van der Waals surface area contributed by atoms with Crippen LogP contribution < -0.4 is 0 Å². The van der Waals surface area contributed by atoms with Crippen LogP contribution in [-0.2, 0) is 0 Å².